The van der Waals surface area contributed by atoms with E-state index in [1.807, 2.05) is 31.2 Å². The molecule has 0 heterocycles. The summed E-state index contributed by atoms with van der Waals surface area (Å²) >= 11 is 11.8. The van der Waals surface area contributed by atoms with Crippen molar-refractivity contribution in [2.45, 2.75) is 13.0 Å². The average molecular weight is 354 g/mol. The van der Waals surface area contributed by atoms with E-state index < -0.39 is 0 Å². The maximum atomic E-state index is 12.2. The number of halogens is 2. The van der Waals surface area contributed by atoms with E-state index in [4.69, 9.17) is 32.7 Å². The maximum Gasteiger partial charge on any atom is 0.253 e. The molecule has 23 heavy (non-hydrogen) atoms. The fourth-order valence-electron chi connectivity index (χ4n) is 1.91. The number of methoxy groups -OCH3 is 1. The van der Waals surface area contributed by atoms with Gasteiger partial charge in [0.25, 0.3) is 5.91 Å². The molecule has 0 bridgehead atoms. The van der Waals surface area contributed by atoms with Crippen LogP contribution in [-0.4, -0.2) is 25.7 Å². The van der Waals surface area contributed by atoms with Gasteiger partial charge in [-0.2, -0.15) is 0 Å². The number of carbonyl (C=O) groups excluding carboxylic acids is 1. The van der Waals surface area contributed by atoms with Gasteiger partial charge in [-0.3, -0.25) is 4.79 Å². The maximum absolute atomic E-state index is 12.2. The fourth-order valence-corrected chi connectivity index (χ4v) is 2.40. The first kappa shape index (κ1) is 17.4. The van der Waals surface area contributed by atoms with Crippen molar-refractivity contribution in [1.29, 1.82) is 0 Å². The Morgan fingerprint density at radius 2 is 1.78 bits per heavy atom. The molecule has 6 heteroatoms. The van der Waals surface area contributed by atoms with Crippen LogP contribution in [0, 0.1) is 0 Å². The molecular weight excluding hydrogens is 337 g/mol. The largest absolute Gasteiger partial charge is 0.497 e. The Hall–Kier alpha value is -1.91. The van der Waals surface area contributed by atoms with Crippen LogP contribution in [0.5, 0.6) is 11.5 Å². The van der Waals surface area contributed by atoms with Crippen molar-refractivity contribution < 1.29 is 14.3 Å². The third-order valence-corrected chi connectivity index (χ3v) is 3.66. The van der Waals surface area contributed by atoms with Crippen LogP contribution in [-0.2, 0) is 0 Å². The van der Waals surface area contributed by atoms with E-state index in [1.165, 1.54) is 6.07 Å². The van der Waals surface area contributed by atoms with Crippen LogP contribution in [0.25, 0.3) is 0 Å². The van der Waals surface area contributed by atoms with Crippen molar-refractivity contribution in [3.05, 3.63) is 58.1 Å². The molecule has 2 aromatic carbocycles. The Labute approximate surface area is 145 Å². The number of hydrogen-bond donors (Lipinski definition) is 1. The minimum Gasteiger partial charge on any atom is -0.497 e. The van der Waals surface area contributed by atoms with E-state index in [-0.39, 0.29) is 11.9 Å². The van der Waals surface area contributed by atoms with Crippen molar-refractivity contribution in [2.75, 3.05) is 13.7 Å². The summed E-state index contributed by atoms with van der Waals surface area (Å²) in [6, 6.07) is 11.8. The van der Waals surface area contributed by atoms with Gasteiger partial charge in [0.2, 0.25) is 0 Å². The summed E-state index contributed by atoms with van der Waals surface area (Å²) < 4.78 is 10.7. The Kier molecular flexibility index (Phi) is 6.13. The number of carbonyl (C=O) groups is 1. The summed E-state index contributed by atoms with van der Waals surface area (Å²) in [7, 11) is 1.61. The van der Waals surface area contributed by atoms with Crippen molar-refractivity contribution in [3.8, 4) is 11.5 Å². The highest BCUT2D eigenvalue weighted by Gasteiger charge is 2.13. The Morgan fingerprint density at radius 3 is 2.39 bits per heavy atom. The molecule has 0 saturated heterocycles. The highest BCUT2D eigenvalue weighted by atomic mass is 35.5. The fraction of sp³-hybridized carbons (Fsp3) is 0.235. The second kappa shape index (κ2) is 8.09. The molecule has 122 valence electrons. The van der Waals surface area contributed by atoms with Crippen LogP contribution in [0.15, 0.2) is 42.5 Å². The Morgan fingerprint density at radius 1 is 1.13 bits per heavy atom. The summed E-state index contributed by atoms with van der Waals surface area (Å²) in [4.78, 5) is 12.2. The van der Waals surface area contributed by atoms with Crippen LogP contribution in [0.1, 0.15) is 17.3 Å². The molecule has 0 aliphatic carbocycles. The lowest BCUT2D eigenvalue weighted by atomic mass is 10.2. The molecule has 4 nitrogen and oxygen atoms in total. The molecule has 0 radical (unpaired) electrons. The van der Waals surface area contributed by atoms with E-state index in [9.17, 15) is 4.79 Å². The molecule has 0 fully saturated rings. The van der Waals surface area contributed by atoms with Crippen LogP contribution in [0.2, 0.25) is 10.0 Å². The second-order valence-corrected chi connectivity index (χ2v) is 5.83. The van der Waals surface area contributed by atoms with Crippen LogP contribution < -0.4 is 14.8 Å². The van der Waals surface area contributed by atoms with Gasteiger partial charge in [0.15, 0.2) is 0 Å². The molecule has 0 aliphatic heterocycles. The van der Waals surface area contributed by atoms with Crippen molar-refractivity contribution in [2.24, 2.45) is 0 Å². The van der Waals surface area contributed by atoms with Gasteiger partial charge in [0.1, 0.15) is 18.1 Å². The van der Waals surface area contributed by atoms with Crippen LogP contribution in [0.3, 0.4) is 0 Å². The summed E-state index contributed by atoms with van der Waals surface area (Å²) in [5.74, 6) is 1.20. The van der Waals surface area contributed by atoms with Crippen LogP contribution in [0.4, 0.5) is 0 Å². The van der Waals surface area contributed by atoms with E-state index >= 15 is 0 Å². The summed E-state index contributed by atoms with van der Waals surface area (Å²) in [5, 5.41) is 3.64. The first-order valence-corrected chi connectivity index (χ1v) is 7.78. The van der Waals surface area contributed by atoms with E-state index in [2.05, 4.69) is 5.32 Å². The minimum absolute atomic E-state index is 0.184. The van der Waals surface area contributed by atoms with E-state index in [0.29, 0.717) is 28.0 Å². The van der Waals surface area contributed by atoms with E-state index in [0.717, 1.165) is 5.75 Å². The zero-order valence-corrected chi connectivity index (χ0v) is 14.3. The van der Waals surface area contributed by atoms with Gasteiger partial charge in [-0.25, -0.2) is 0 Å². The van der Waals surface area contributed by atoms with Crippen molar-refractivity contribution >= 4 is 29.1 Å². The van der Waals surface area contributed by atoms with Gasteiger partial charge >= 0.3 is 0 Å². The molecule has 1 amide bonds. The first-order chi connectivity index (χ1) is 11.0. The second-order valence-electron chi connectivity index (χ2n) is 4.99. The highest BCUT2D eigenvalue weighted by molar-refractivity contribution is 6.36. The topological polar surface area (TPSA) is 47.6 Å². The number of rotatable bonds is 6. The molecule has 1 N–H and O–H groups in total. The van der Waals surface area contributed by atoms with E-state index in [1.54, 1.807) is 19.2 Å². The molecule has 0 saturated carbocycles. The van der Waals surface area contributed by atoms with Gasteiger partial charge in [-0.05, 0) is 49.4 Å². The van der Waals surface area contributed by atoms with Gasteiger partial charge in [-0.15, -0.1) is 0 Å². The van der Waals surface area contributed by atoms with Gasteiger partial charge in [-0.1, -0.05) is 23.2 Å². The zero-order chi connectivity index (χ0) is 16.8. The predicted octanol–water partition coefficient (Wildman–Crippen LogP) is 4.20. The van der Waals surface area contributed by atoms with Crippen molar-refractivity contribution in [3.63, 3.8) is 0 Å². The number of hydrogen-bond acceptors (Lipinski definition) is 3. The monoisotopic (exact) mass is 353 g/mol. The van der Waals surface area contributed by atoms with Crippen LogP contribution >= 0.6 is 23.2 Å². The first-order valence-electron chi connectivity index (χ1n) is 7.02. The lowest BCUT2D eigenvalue weighted by molar-refractivity contribution is 0.0927. The van der Waals surface area contributed by atoms with Gasteiger partial charge in [0.05, 0.1) is 23.7 Å². The quantitative estimate of drug-likeness (QED) is 0.846. The number of nitrogens with one attached hydrogen (secondary N) is 1. The van der Waals surface area contributed by atoms with Crippen molar-refractivity contribution in [1.82, 2.24) is 5.32 Å². The molecule has 2 aromatic rings. The number of amides is 1. The lowest BCUT2D eigenvalue weighted by Crippen LogP contribution is -2.36. The molecular formula is C17H17Cl2NO3. The summed E-state index contributed by atoms with van der Waals surface area (Å²) in [6.07, 6.45) is 0. The normalized spacial score (nSPS) is 11.7. The SMILES string of the molecule is COc1ccc(OC[C@@H](C)NC(=O)c2ccc(Cl)cc2Cl)cc1. The molecule has 1 atom stereocenters. The highest BCUT2D eigenvalue weighted by Crippen LogP contribution is 2.21. The molecule has 0 aromatic heterocycles. The average Bonchev–Trinajstić information content (AvgIpc) is 2.53. The minimum atomic E-state index is -0.266. The molecule has 2 rings (SSSR count). The third kappa shape index (κ3) is 5.05. The molecule has 0 unspecified atom stereocenters. The zero-order valence-electron chi connectivity index (χ0n) is 12.8. The summed E-state index contributed by atoms with van der Waals surface area (Å²) in [6.45, 7) is 2.19. The van der Waals surface area contributed by atoms with Gasteiger partial charge < -0.3 is 14.8 Å². The number of ether oxygens (including phenoxy) is 2. The Balaban J connectivity index is 1.88. The summed E-state index contributed by atoms with van der Waals surface area (Å²) in [5.41, 5.74) is 0.382. The standard InChI is InChI=1S/C17H17Cl2NO3/c1-11(10-23-14-6-4-13(22-2)5-7-14)20-17(21)15-8-3-12(18)9-16(15)19/h3-9,11H,10H2,1-2H3,(H,20,21)/t11-/m1/s1. The Bertz CT molecular complexity index is 674. The molecule has 0 spiro atoms. The van der Waals surface area contributed by atoms with Gasteiger partial charge in [0, 0.05) is 5.02 Å². The smallest absolute Gasteiger partial charge is 0.253 e. The number of benzene rings is 2. The predicted molar refractivity (Wildman–Crippen MR) is 91.9 cm³/mol. The molecule has 0 aliphatic rings. The third-order valence-electron chi connectivity index (χ3n) is 3.11. The lowest BCUT2D eigenvalue weighted by Gasteiger charge is -2.16.